The highest BCUT2D eigenvalue weighted by Crippen LogP contribution is 2.29. The number of amides is 1. The SMILES string of the molecule is C[C@@H]1[C@@H](C(=O)O)CCC(=O)N1c1ccccc1. The lowest BCUT2D eigenvalue weighted by atomic mass is 9.89. The van der Waals surface area contributed by atoms with Gasteiger partial charge in [0.05, 0.1) is 5.92 Å². The lowest BCUT2D eigenvalue weighted by molar-refractivity contribution is -0.143. The smallest absolute Gasteiger partial charge is 0.308 e. The van der Waals surface area contributed by atoms with E-state index in [2.05, 4.69) is 0 Å². The van der Waals surface area contributed by atoms with E-state index in [0.29, 0.717) is 12.8 Å². The molecule has 0 spiro atoms. The van der Waals surface area contributed by atoms with Gasteiger partial charge in [-0.25, -0.2) is 0 Å². The standard InChI is InChI=1S/C13H15NO3/c1-9-11(13(16)17)7-8-12(15)14(9)10-5-3-2-4-6-10/h2-6,9,11H,7-8H2,1H3,(H,16,17)/t9-,11+/m1/s1. The highest BCUT2D eigenvalue weighted by Gasteiger charge is 2.37. The number of nitrogens with zero attached hydrogens (tertiary/aromatic N) is 1. The molecule has 1 N–H and O–H groups in total. The topological polar surface area (TPSA) is 57.6 Å². The van der Waals surface area contributed by atoms with Crippen LogP contribution in [0.25, 0.3) is 0 Å². The summed E-state index contributed by atoms with van der Waals surface area (Å²) in [5.74, 6) is -1.31. The molecule has 1 fully saturated rings. The average Bonchev–Trinajstić information content (AvgIpc) is 2.30. The molecule has 1 saturated heterocycles. The second-order valence-electron chi connectivity index (χ2n) is 4.32. The summed E-state index contributed by atoms with van der Waals surface area (Å²) in [5, 5.41) is 9.12. The Hall–Kier alpha value is -1.84. The molecular formula is C13H15NO3. The van der Waals surface area contributed by atoms with Crippen molar-refractivity contribution in [3.63, 3.8) is 0 Å². The van der Waals surface area contributed by atoms with E-state index in [1.54, 1.807) is 11.8 Å². The number of carboxylic acid groups (broad SMARTS) is 1. The van der Waals surface area contributed by atoms with Gasteiger partial charge in [-0.1, -0.05) is 18.2 Å². The van der Waals surface area contributed by atoms with E-state index in [0.717, 1.165) is 5.69 Å². The fourth-order valence-corrected chi connectivity index (χ4v) is 2.35. The monoisotopic (exact) mass is 233 g/mol. The van der Waals surface area contributed by atoms with Gasteiger partial charge in [0.15, 0.2) is 0 Å². The minimum Gasteiger partial charge on any atom is -0.481 e. The van der Waals surface area contributed by atoms with Crippen molar-refractivity contribution in [1.29, 1.82) is 0 Å². The molecule has 1 aliphatic heterocycles. The maximum Gasteiger partial charge on any atom is 0.308 e. The van der Waals surface area contributed by atoms with Crippen LogP contribution in [0, 0.1) is 5.92 Å². The maximum absolute atomic E-state index is 11.9. The number of piperidine rings is 1. The van der Waals surface area contributed by atoms with Crippen LogP contribution in [0.15, 0.2) is 30.3 Å². The van der Waals surface area contributed by atoms with Crippen molar-refractivity contribution in [2.24, 2.45) is 5.92 Å². The van der Waals surface area contributed by atoms with Crippen LogP contribution in [-0.4, -0.2) is 23.0 Å². The second kappa shape index (κ2) is 4.57. The van der Waals surface area contributed by atoms with Gasteiger partial charge in [-0.2, -0.15) is 0 Å². The first kappa shape index (κ1) is 11.6. The third-order valence-corrected chi connectivity index (χ3v) is 3.28. The first-order valence-electron chi connectivity index (χ1n) is 5.71. The lowest BCUT2D eigenvalue weighted by Crippen LogP contribution is -2.49. The number of benzene rings is 1. The van der Waals surface area contributed by atoms with Crippen molar-refractivity contribution in [2.75, 3.05) is 4.90 Å². The predicted molar refractivity (Wildman–Crippen MR) is 63.7 cm³/mol. The van der Waals surface area contributed by atoms with Crippen LogP contribution in [0.2, 0.25) is 0 Å². The minimum absolute atomic E-state index is 0.00111. The van der Waals surface area contributed by atoms with Crippen LogP contribution in [-0.2, 0) is 9.59 Å². The number of carbonyl (C=O) groups excluding carboxylic acids is 1. The number of para-hydroxylation sites is 1. The summed E-state index contributed by atoms with van der Waals surface area (Å²) in [6.07, 6.45) is 0.731. The molecule has 0 aromatic heterocycles. The van der Waals surface area contributed by atoms with E-state index in [9.17, 15) is 9.59 Å². The summed E-state index contributed by atoms with van der Waals surface area (Å²) >= 11 is 0. The van der Waals surface area contributed by atoms with Crippen molar-refractivity contribution in [3.8, 4) is 0 Å². The minimum atomic E-state index is -0.828. The van der Waals surface area contributed by atoms with E-state index in [-0.39, 0.29) is 11.9 Å². The molecular weight excluding hydrogens is 218 g/mol. The molecule has 1 aromatic rings. The molecule has 2 rings (SSSR count). The molecule has 1 aromatic carbocycles. The highest BCUT2D eigenvalue weighted by atomic mass is 16.4. The van der Waals surface area contributed by atoms with Crippen molar-refractivity contribution in [2.45, 2.75) is 25.8 Å². The number of hydrogen-bond donors (Lipinski definition) is 1. The Labute approximate surface area is 99.9 Å². The van der Waals surface area contributed by atoms with E-state index >= 15 is 0 Å². The zero-order chi connectivity index (χ0) is 12.4. The van der Waals surface area contributed by atoms with Gasteiger partial charge in [0.1, 0.15) is 0 Å². The third kappa shape index (κ3) is 2.16. The van der Waals surface area contributed by atoms with Crippen molar-refractivity contribution < 1.29 is 14.7 Å². The molecule has 0 radical (unpaired) electrons. The zero-order valence-electron chi connectivity index (χ0n) is 9.67. The van der Waals surface area contributed by atoms with Gasteiger partial charge in [0.25, 0.3) is 0 Å². The number of carbonyl (C=O) groups is 2. The van der Waals surface area contributed by atoms with Crippen LogP contribution in [0.5, 0.6) is 0 Å². The normalized spacial score (nSPS) is 24.8. The summed E-state index contributed by atoms with van der Waals surface area (Å²) in [6, 6.07) is 8.93. The fourth-order valence-electron chi connectivity index (χ4n) is 2.35. The van der Waals surface area contributed by atoms with Crippen LogP contribution in [0.1, 0.15) is 19.8 Å². The van der Waals surface area contributed by atoms with E-state index in [4.69, 9.17) is 5.11 Å². The molecule has 1 aliphatic rings. The predicted octanol–water partition coefficient (Wildman–Crippen LogP) is 1.90. The molecule has 0 bridgehead atoms. The molecule has 4 nitrogen and oxygen atoms in total. The molecule has 0 unspecified atom stereocenters. The number of aliphatic carboxylic acids is 1. The summed E-state index contributed by atoms with van der Waals surface area (Å²) in [6.45, 7) is 1.79. The Morgan fingerprint density at radius 3 is 2.59 bits per heavy atom. The zero-order valence-corrected chi connectivity index (χ0v) is 9.67. The number of carboxylic acids is 1. The molecule has 0 saturated carbocycles. The lowest BCUT2D eigenvalue weighted by Gasteiger charge is -2.37. The maximum atomic E-state index is 11.9. The summed E-state index contributed by atoms with van der Waals surface area (Å²) in [7, 11) is 0. The number of anilines is 1. The fraction of sp³-hybridized carbons (Fsp3) is 0.385. The molecule has 17 heavy (non-hydrogen) atoms. The highest BCUT2D eigenvalue weighted by molar-refractivity contribution is 5.96. The summed E-state index contributed by atoms with van der Waals surface area (Å²) in [5.41, 5.74) is 0.774. The number of hydrogen-bond acceptors (Lipinski definition) is 2. The van der Waals surface area contributed by atoms with Crippen LogP contribution in [0.4, 0.5) is 5.69 Å². The Morgan fingerprint density at radius 2 is 2.00 bits per heavy atom. The first-order valence-corrected chi connectivity index (χ1v) is 5.71. The van der Waals surface area contributed by atoms with E-state index in [1.165, 1.54) is 0 Å². The molecule has 1 heterocycles. The van der Waals surface area contributed by atoms with Crippen LogP contribution >= 0.6 is 0 Å². The molecule has 2 atom stereocenters. The molecule has 1 amide bonds. The van der Waals surface area contributed by atoms with Crippen molar-refractivity contribution >= 4 is 17.6 Å². The van der Waals surface area contributed by atoms with Gasteiger partial charge < -0.3 is 10.0 Å². The van der Waals surface area contributed by atoms with E-state index < -0.39 is 11.9 Å². The third-order valence-electron chi connectivity index (χ3n) is 3.28. The van der Waals surface area contributed by atoms with E-state index in [1.807, 2.05) is 30.3 Å². The van der Waals surface area contributed by atoms with Crippen molar-refractivity contribution in [1.82, 2.24) is 0 Å². The Kier molecular flexibility index (Phi) is 3.13. The summed E-state index contributed by atoms with van der Waals surface area (Å²) in [4.78, 5) is 24.6. The van der Waals surface area contributed by atoms with Crippen LogP contribution in [0.3, 0.4) is 0 Å². The van der Waals surface area contributed by atoms with Gasteiger partial charge in [-0.05, 0) is 25.5 Å². The summed E-state index contributed by atoms with van der Waals surface area (Å²) < 4.78 is 0. The molecule has 90 valence electrons. The number of rotatable bonds is 2. The van der Waals surface area contributed by atoms with Gasteiger partial charge in [0, 0.05) is 18.2 Å². The Balaban J connectivity index is 2.31. The molecule has 0 aliphatic carbocycles. The van der Waals surface area contributed by atoms with Crippen molar-refractivity contribution in [3.05, 3.63) is 30.3 Å². The van der Waals surface area contributed by atoms with Gasteiger partial charge in [-0.3, -0.25) is 9.59 Å². The van der Waals surface area contributed by atoms with Crippen LogP contribution < -0.4 is 4.90 Å². The van der Waals surface area contributed by atoms with Gasteiger partial charge in [-0.15, -0.1) is 0 Å². The first-order chi connectivity index (χ1) is 8.11. The average molecular weight is 233 g/mol. The largest absolute Gasteiger partial charge is 0.481 e. The quantitative estimate of drug-likeness (QED) is 0.848. The van der Waals surface area contributed by atoms with Gasteiger partial charge in [0.2, 0.25) is 5.91 Å². The molecule has 4 heteroatoms. The van der Waals surface area contributed by atoms with Gasteiger partial charge >= 0.3 is 5.97 Å². The Morgan fingerprint density at radius 1 is 1.35 bits per heavy atom. The Bertz CT molecular complexity index is 430. The second-order valence-corrected chi connectivity index (χ2v) is 4.32.